The van der Waals surface area contributed by atoms with Gasteiger partial charge in [0.2, 0.25) is 0 Å². The summed E-state index contributed by atoms with van der Waals surface area (Å²) in [6, 6.07) is 14.7. The molecule has 0 fully saturated rings. The highest BCUT2D eigenvalue weighted by molar-refractivity contribution is 7.51. The van der Waals surface area contributed by atoms with Gasteiger partial charge in [0.1, 0.15) is 5.76 Å². The lowest BCUT2D eigenvalue weighted by Gasteiger charge is -2.23. The van der Waals surface area contributed by atoms with Crippen molar-refractivity contribution >= 4 is 25.2 Å². The number of anilines is 1. The molecule has 1 unspecified atom stereocenters. The van der Waals surface area contributed by atoms with Gasteiger partial charge >= 0.3 is 0 Å². The normalized spacial score (nSPS) is 15.4. The van der Waals surface area contributed by atoms with Crippen LogP contribution in [0.1, 0.15) is 29.2 Å². The highest BCUT2D eigenvalue weighted by Gasteiger charge is 2.19. The van der Waals surface area contributed by atoms with E-state index in [0.29, 0.717) is 21.7 Å². The number of hydrogen-bond acceptors (Lipinski definition) is 3. The molecule has 0 saturated heterocycles. The number of benzene rings is 2. The van der Waals surface area contributed by atoms with Crippen LogP contribution in [0.5, 0.6) is 0 Å². The van der Waals surface area contributed by atoms with Gasteiger partial charge in [-0.1, -0.05) is 38.9 Å². The molecule has 1 heterocycles. The number of allylic oxidation sites excluding steroid dienone is 3. The van der Waals surface area contributed by atoms with Gasteiger partial charge in [0.05, 0.1) is 6.61 Å². The number of nitrogen functional groups attached to an aromatic ring is 1. The molecule has 4 heteroatoms. The number of hydrogen-bond donors (Lipinski definition) is 2. The van der Waals surface area contributed by atoms with E-state index in [4.69, 9.17) is 16.2 Å². The van der Waals surface area contributed by atoms with Crippen molar-refractivity contribution in [3.05, 3.63) is 76.6 Å². The maximum absolute atomic E-state index is 6.04. The van der Waals surface area contributed by atoms with E-state index in [2.05, 4.69) is 49.4 Å². The highest BCUT2D eigenvalue weighted by atomic mass is 31.1. The average molecular weight is 352 g/mol. The molecule has 130 valence electrons. The molecule has 0 bridgehead atoms. The van der Waals surface area contributed by atoms with Crippen molar-refractivity contribution in [3.8, 4) is 0 Å². The molecular weight excluding hydrogens is 327 g/mol. The molecule has 1 atom stereocenters. The van der Waals surface area contributed by atoms with Crippen LogP contribution in [0.2, 0.25) is 0 Å². The number of ether oxygens (including phenoxy) is 1. The first-order chi connectivity index (χ1) is 12.1. The second-order valence-corrected chi connectivity index (χ2v) is 7.33. The molecule has 25 heavy (non-hydrogen) atoms. The van der Waals surface area contributed by atoms with E-state index in [1.54, 1.807) is 0 Å². The smallest absolute Gasteiger partial charge is 0.101 e. The first kappa shape index (κ1) is 17.7. The van der Waals surface area contributed by atoms with E-state index in [0.717, 1.165) is 28.7 Å². The van der Waals surface area contributed by atoms with Gasteiger partial charge in [-0.25, -0.2) is 0 Å². The number of aryl methyl sites for hydroxylation is 1. The van der Waals surface area contributed by atoms with Gasteiger partial charge in [-0.05, 0) is 65.2 Å². The Morgan fingerprint density at radius 1 is 1.16 bits per heavy atom. The Morgan fingerprint density at radius 2 is 1.96 bits per heavy atom. The molecule has 0 radical (unpaired) electrons. The van der Waals surface area contributed by atoms with Gasteiger partial charge in [0, 0.05) is 18.4 Å². The fourth-order valence-corrected chi connectivity index (χ4v) is 4.54. The minimum absolute atomic E-state index is 0.441. The number of rotatable bonds is 5. The van der Waals surface area contributed by atoms with E-state index in [1.807, 2.05) is 13.0 Å². The van der Waals surface area contributed by atoms with Gasteiger partial charge in [-0.15, -0.1) is 0 Å². The van der Waals surface area contributed by atoms with Crippen LogP contribution in [-0.4, -0.2) is 12.8 Å². The SMILES string of the molecule is CCOC1=CC(c2ccc(N)c(CN)c2)=C(c2ccccc2C)PC1. The summed E-state index contributed by atoms with van der Waals surface area (Å²) in [5.74, 6) is 1.05. The van der Waals surface area contributed by atoms with Crippen LogP contribution in [0.15, 0.2) is 54.3 Å². The van der Waals surface area contributed by atoms with Crippen molar-refractivity contribution in [2.45, 2.75) is 20.4 Å². The summed E-state index contributed by atoms with van der Waals surface area (Å²) < 4.78 is 5.81. The molecule has 1 aliphatic rings. The van der Waals surface area contributed by atoms with Crippen LogP contribution < -0.4 is 11.5 Å². The van der Waals surface area contributed by atoms with Crippen LogP contribution in [0.4, 0.5) is 5.69 Å². The van der Waals surface area contributed by atoms with Crippen molar-refractivity contribution in [1.82, 2.24) is 0 Å². The Morgan fingerprint density at radius 3 is 2.68 bits per heavy atom. The van der Waals surface area contributed by atoms with Crippen molar-refractivity contribution in [1.29, 1.82) is 0 Å². The Bertz CT molecular complexity index is 840. The lowest BCUT2D eigenvalue weighted by atomic mass is 9.97. The zero-order valence-electron chi connectivity index (χ0n) is 14.8. The van der Waals surface area contributed by atoms with E-state index >= 15 is 0 Å². The molecule has 0 aliphatic carbocycles. The largest absolute Gasteiger partial charge is 0.498 e. The quantitative estimate of drug-likeness (QED) is 0.614. The third-order valence-electron chi connectivity index (χ3n) is 4.43. The van der Waals surface area contributed by atoms with Crippen LogP contribution >= 0.6 is 8.58 Å². The molecule has 4 N–H and O–H groups in total. The molecule has 3 rings (SSSR count). The summed E-state index contributed by atoms with van der Waals surface area (Å²) in [5.41, 5.74) is 18.6. The second-order valence-electron chi connectivity index (χ2n) is 6.12. The predicted molar refractivity (Wildman–Crippen MR) is 110 cm³/mol. The third kappa shape index (κ3) is 3.78. The van der Waals surface area contributed by atoms with E-state index in [9.17, 15) is 0 Å². The summed E-state index contributed by atoms with van der Waals surface area (Å²) >= 11 is 0. The van der Waals surface area contributed by atoms with Crippen LogP contribution in [-0.2, 0) is 11.3 Å². The van der Waals surface area contributed by atoms with Gasteiger partial charge < -0.3 is 16.2 Å². The summed E-state index contributed by atoms with van der Waals surface area (Å²) in [4.78, 5) is 0. The molecule has 0 amide bonds. The minimum Gasteiger partial charge on any atom is -0.498 e. The maximum atomic E-state index is 6.04. The van der Waals surface area contributed by atoms with E-state index in [-0.39, 0.29) is 0 Å². The highest BCUT2D eigenvalue weighted by Crippen LogP contribution is 2.46. The molecule has 0 spiro atoms. The summed E-state index contributed by atoms with van der Waals surface area (Å²) in [6.45, 7) is 5.33. The van der Waals surface area contributed by atoms with Gasteiger partial charge in [-0.3, -0.25) is 0 Å². The van der Waals surface area contributed by atoms with Crippen LogP contribution in [0.25, 0.3) is 10.9 Å². The third-order valence-corrected chi connectivity index (χ3v) is 5.85. The fourth-order valence-electron chi connectivity index (χ4n) is 3.10. The minimum atomic E-state index is 0.441. The Hall–Kier alpha value is -2.09. The van der Waals surface area contributed by atoms with E-state index in [1.165, 1.54) is 22.0 Å². The molecule has 0 aromatic heterocycles. The van der Waals surface area contributed by atoms with E-state index < -0.39 is 0 Å². The van der Waals surface area contributed by atoms with Crippen molar-refractivity contribution in [3.63, 3.8) is 0 Å². The predicted octanol–water partition coefficient (Wildman–Crippen LogP) is 4.52. The Labute approximate surface area is 151 Å². The lowest BCUT2D eigenvalue weighted by molar-refractivity contribution is 0.233. The van der Waals surface area contributed by atoms with Crippen molar-refractivity contribution < 1.29 is 4.74 Å². The molecular formula is C21H25N2OP. The molecule has 1 aliphatic heterocycles. The van der Waals surface area contributed by atoms with Gasteiger partial charge in [0.15, 0.2) is 0 Å². The molecule has 0 saturated carbocycles. The first-order valence-electron chi connectivity index (χ1n) is 8.60. The Balaban J connectivity index is 2.18. The maximum Gasteiger partial charge on any atom is 0.101 e. The zero-order chi connectivity index (χ0) is 17.8. The second kappa shape index (κ2) is 7.86. The topological polar surface area (TPSA) is 61.3 Å². The first-order valence-corrected chi connectivity index (χ1v) is 9.81. The van der Waals surface area contributed by atoms with Gasteiger partial charge in [0.25, 0.3) is 0 Å². The lowest BCUT2D eigenvalue weighted by Crippen LogP contribution is -2.05. The Kier molecular flexibility index (Phi) is 5.57. The molecule has 2 aromatic carbocycles. The molecule has 2 aromatic rings. The monoisotopic (exact) mass is 352 g/mol. The number of nitrogens with two attached hydrogens (primary N) is 2. The van der Waals surface area contributed by atoms with Gasteiger partial charge in [-0.2, -0.15) is 0 Å². The summed E-state index contributed by atoms with van der Waals surface area (Å²) in [7, 11) is 0.681. The standard InChI is InChI=1S/C21H25N2OP/c1-3-24-17-11-19(15-8-9-20(23)16(10-15)12-22)21(25-13-17)18-7-5-4-6-14(18)2/h4-11,25H,3,12-13,22-23H2,1-2H3. The van der Waals surface area contributed by atoms with Crippen LogP contribution in [0, 0.1) is 6.92 Å². The van der Waals surface area contributed by atoms with Crippen molar-refractivity contribution in [2.75, 3.05) is 18.5 Å². The van der Waals surface area contributed by atoms with Crippen LogP contribution in [0.3, 0.4) is 0 Å². The fraction of sp³-hybridized carbons (Fsp3) is 0.238. The summed E-state index contributed by atoms with van der Waals surface area (Å²) in [6.07, 6.45) is 3.15. The average Bonchev–Trinajstić information content (AvgIpc) is 2.63. The molecule has 3 nitrogen and oxygen atoms in total. The zero-order valence-corrected chi connectivity index (χ0v) is 15.8. The van der Waals surface area contributed by atoms with Crippen molar-refractivity contribution in [2.24, 2.45) is 5.73 Å². The summed E-state index contributed by atoms with van der Waals surface area (Å²) in [5, 5.41) is 1.38.